The van der Waals surface area contributed by atoms with Crippen molar-refractivity contribution in [2.75, 3.05) is 6.26 Å². The van der Waals surface area contributed by atoms with Gasteiger partial charge in [0.1, 0.15) is 5.82 Å². The maximum Gasteiger partial charge on any atom is 0.416 e. The predicted molar refractivity (Wildman–Crippen MR) is 127 cm³/mol. The molecule has 8 heteroatoms. The number of hydrogen-bond donors (Lipinski definition) is 1. The van der Waals surface area contributed by atoms with Crippen molar-refractivity contribution in [3.05, 3.63) is 107 Å². The van der Waals surface area contributed by atoms with Crippen molar-refractivity contribution in [3.8, 4) is 0 Å². The first-order valence-corrected chi connectivity index (χ1v) is 11.9. The average Bonchev–Trinajstić information content (AvgIpc) is 3.19. The summed E-state index contributed by atoms with van der Waals surface area (Å²) in [5, 5.41) is 3.41. The lowest BCUT2D eigenvalue weighted by molar-refractivity contribution is -0.138. The Kier molecular flexibility index (Phi) is 6.97. The van der Waals surface area contributed by atoms with E-state index >= 15 is 0 Å². The predicted octanol–water partition coefficient (Wildman–Crippen LogP) is 6.64. The standard InChI is InChI=1S/C26H22F4N2OS/c1-34-16-18-5-6-21(23(12-18)26(28,29)30)14-31-25(33)20-7-8-24-19(13-20)9-10-32(24)15-17-3-2-4-22(27)11-17/h2-13H,14-16H2,1H3,(H,31,33). The molecule has 176 valence electrons. The molecule has 0 aliphatic carbocycles. The van der Waals surface area contributed by atoms with Crippen molar-refractivity contribution < 1.29 is 22.4 Å². The molecule has 0 radical (unpaired) electrons. The number of nitrogens with one attached hydrogen (secondary N) is 1. The zero-order chi connectivity index (χ0) is 24.3. The number of amides is 1. The Labute approximate surface area is 198 Å². The Morgan fingerprint density at radius 3 is 2.56 bits per heavy atom. The van der Waals surface area contributed by atoms with Gasteiger partial charge in [0.2, 0.25) is 0 Å². The van der Waals surface area contributed by atoms with Gasteiger partial charge in [0.25, 0.3) is 5.91 Å². The fraction of sp³-hybridized carbons (Fsp3) is 0.192. The molecule has 3 aromatic carbocycles. The van der Waals surface area contributed by atoms with E-state index in [4.69, 9.17) is 0 Å². The van der Waals surface area contributed by atoms with E-state index in [9.17, 15) is 22.4 Å². The molecule has 0 saturated carbocycles. The van der Waals surface area contributed by atoms with Gasteiger partial charge in [-0.15, -0.1) is 0 Å². The molecule has 1 amide bonds. The molecular weight excluding hydrogens is 464 g/mol. The van der Waals surface area contributed by atoms with Crippen molar-refractivity contribution in [2.45, 2.75) is 25.0 Å². The van der Waals surface area contributed by atoms with Crippen LogP contribution in [0.2, 0.25) is 0 Å². The Morgan fingerprint density at radius 1 is 1.00 bits per heavy atom. The minimum Gasteiger partial charge on any atom is -0.348 e. The molecular formula is C26H22F4N2OS. The summed E-state index contributed by atoms with van der Waals surface area (Å²) in [6.45, 7) is 0.241. The van der Waals surface area contributed by atoms with Crippen LogP contribution in [-0.4, -0.2) is 16.7 Å². The van der Waals surface area contributed by atoms with Gasteiger partial charge in [-0.25, -0.2) is 4.39 Å². The quantitative estimate of drug-likeness (QED) is 0.297. The molecule has 1 N–H and O–H groups in total. The van der Waals surface area contributed by atoms with E-state index in [1.54, 1.807) is 30.3 Å². The lowest BCUT2D eigenvalue weighted by Gasteiger charge is -2.15. The van der Waals surface area contributed by atoms with E-state index in [1.165, 1.54) is 30.0 Å². The molecule has 0 aliphatic rings. The van der Waals surface area contributed by atoms with Crippen LogP contribution in [0.25, 0.3) is 10.9 Å². The lowest BCUT2D eigenvalue weighted by atomic mass is 10.0. The smallest absolute Gasteiger partial charge is 0.348 e. The van der Waals surface area contributed by atoms with Crippen LogP contribution in [0.15, 0.2) is 72.9 Å². The summed E-state index contributed by atoms with van der Waals surface area (Å²) in [5.74, 6) is -0.282. The van der Waals surface area contributed by atoms with E-state index in [0.29, 0.717) is 23.4 Å². The fourth-order valence-corrected chi connectivity index (χ4v) is 4.40. The average molecular weight is 487 g/mol. The summed E-state index contributed by atoms with van der Waals surface area (Å²) < 4.78 is 56.0. The molecule has 0 unspecified atom stereocenters. The first-order valence-electron chi connectivity index (χ1n) is 10.5. The molecule has 0 aliphatic heterocycles. The third-order valence-corrected chi connectivity index (χ3v) is 6.13. The number of halogens is 4. The van der Waals surface area contributed by atoms with Crippen LogP contribution in [0.3, 0.4) is 0 Å². The highest BCUT2D eigenvalue weighted by atomic mass is 32.2. The summed E-state index contributed by atoms with van der Waals surface area (Å²) in [4.78, 5) is 12.7. The highest BCUT2D eigenvalue weighted by Gasteiger charge is 2.33. The van der Waals surface area contributed by atoms with E-state index in [2.05, 4.69) is 5.32 Å². The van der Waals surface area contributed by atoms with Gasteiger partial charge in [-0.3, -0.25) is 4.79 Å². The third-order valence-electron chi connectivity index (χ3n) is 5.51. The van der Waals surface area contributed by atoms with Gasteiger partial charge < -0.3 is 9.88 Å². The number of fused-ring (bicyclic) bond motifs is 1. The molecule has 1 heterocycles. The first-order chi connectivity index (χ1) is 16.2. The highest BCUT2D eigenvalue weighted by Crippen LogP contribution is 2.33. The van der Waals surface area contributed by atoms with Gasteiger partial charge in [-0.1, -0.05) is 24.3 Å². The molecule has 4 aromatic rings. The van der Waals surface area contributed by atoms with Gasteiger partial charge in [0, 0.05) is 41.5 Å². The molecule has 0 saturated heterocycles. The van der Waals surface area contributed by atoms with Crippen molar-refractivity contribution in [1.82, 2.24) is 9.88 Å². The van der Waals surface area contributed by atoms with Crippen LogP contribution < -0.4 is 5.32 Å². The summed E-state index contributed by atoms with van der Waals surface area (Å²) in [6.07, 6.45) is -0.825. The summed E-state index contributed by atoms with van der Waals surface area (Å²) in [5.41, 5.74) is 1.90. The molecule has 0 spiro atoms. The Bertz CT molecular complexity index is 1330. The molecule has 0 atom stereocenters. The summed E-state index contributed by atoms with van der Waals surface area (Å²) in [6, 6.07) is 17.5. The second-order valence-electron chi connectivity index (χ2n) is 7.95. The third kappa shape index (κ3) is 5.44. The van der Waals surface area contributed by atoms with Gasteiger partial charge >= 0.3 is 6.18 Å². The lowest BCUT2D eigenvalue weighted by Crippen LogP contribution is -2.24. The minimum atomic E-state index is -4.50. The fourth-order valence-electron chi connectivity index (χ4n) is 3.89. The second-order valence-corrected chi connectivity index (χ2v) is 8.82. The van der Waals surface area contributed by atoms with Gasteiger partial charge in [0.05, 0.1) is 5.56 Å². The SMILES string of the molecule is CSCc1ccc(CNC(=O)c2ccc3c(ccn3Cc3cccc(F)c3)c2)c(C(F)(F)F)c1. The molecule has 34 heavy (non-hydrogen) atoms. The highest BCUT2D eigenvalue weighted by molar-refractivity contribution is 7.97. The van der Waals surface area contributed by atoms with Gasteiger partial charge in [0.15, 0.2) is 0 Å². The number of nitrogens with zero attached hydrogens (tertiary/aromatic N) is 1. The maximum atomic E-state index is 13.5. The van der Waals surface area contributed by atoms with E-state index in [1.807, 2.05) is 29.2 Å². The van der Waals surface area contributed by atoms with Crippen LogP contribution >= 0.6 is 11.8 Å². The number of benzene rings is 3. The van der Waals surface area contributed by atoms with Crippen molar-refractivity contribution in [1.29, 1.82) is 0 Å². The monoisotopic (exact) mass is 486 g/mol. The number of carbonyl (C=O) groups excluding carboxylic acids is 1. The van der Waals surface area contributed by atoms with Crippen molar-refractivity contribution >= 4 is 28.6 Å². The van der Waals surface area contributed by atoms with Crippen molar-refractivity contribution in [2.24, 2.45) is 0 Å². The summed E-state index contributed by atoms with van der Waals surface area (Å²) in [7, 11) is 0. The maximum absolute atomic E-state index is 13.5. The zero-order valence-electron chi connectivity index (χ0n) is 18.3. The van der Waals surface area contributed by atoms with Crippen LogP contribution in [0.1, 0.15) is 32.6 Å². The van der Waals surface area contributed by atoms with Gasteiger partial charge in [-0.2, -0.15) is 24.9 Å². The first kappa shape index (κ1) is 23.9. The normalized spacial score (nSPS) is 11.7. The minimum absolute atomic E-state index is 0.0213. The molecule has 1 aromatic heterocycles. The number of carbonyl (C=O) groups is 1. The Balaban J connectivity index is 1.50. The van der Waals surface area contributed by atoms with Crippen LogP contribution in [-0.2, 0) is 25.0 Å². The second kappa shape index (κ2) is 9.93. The number of alkyl halides is 3. The molecule has 0 fully saturated rings. The molecule has 3 nitrogen and oxygen atoms in total. The van der Waals surface area contributed by atoms with E-state index in [-0.39, 0.29) is 17.9 Å². The van der Waals surface area contributed by atoms with Crippen molar-refractivity contribution in [3.63, 3.8) is 0 Å². The topological polar surface area (TPSA) is 34.0 Å². The van der Waals surface area contributed by atoms with E-state index in [0.717, 1.165) is 22.5 Å². The van der Waals surface area contributed by atoms with Crippen LogP contribution in [0, 0.1) is 5.82 Å². The Morgan fingerprint density at radius 2 is 1.82 bits per heavy atom. The summed E-state index contributed by atoms with van der Waals surface area (Å²) >= 11 is 1.44. The van der Waals surface area contributed by atoms with Gasteiger partial charge in [-0.05, 0) is 65.4 Å². The van der Waals surface area contributed by atoms with E-state index < -0.39 is 17.6 Å². The Hall–Kier alpha value is -3.26. The van der Waals surface area contributed by atoms with Crippen LogP contribution in [0.4, 0.5) is 17.6 Å². The number of hydrogen-bond acceptors (Lipinski definition) is 2. The molecule has 0 bridgehead atoms. The number of rotatable bonds is 7. The zero-order valence-corrected chi connectivity index (χ0v) is 19.1. The largest absolute Gasteiger partial charge is 0.416 e. The molecule has 4 rings (SSSR count). The van der Waals surface area contributed by atoms with Crippen LogP contribution in [0.5, 0.6) is 0 Å². The number of aromatic nitrogens is 1. The number of thioether (sulfide) groups is 1.